The number of hydrogen-bond donors (Lipinski definition) is 5. The van der Waals surface area contributed by atoms with E-state index in [0.29, 0.717) is 69.6 Å². The second-order valence-electron chi connectivity index (χ2n) is 17.2. The maximum absolute atomic E-state index is 15.7. The predicted molar refractivity (Wildman–Crippen MR) is 230 cm³/mol. The molecule has 6 aliphatic heterocycles. The number of benzene rings is 4. The minimum atomic E-state index is -1.47. The fraction of sp³-hybridized carbons (Fsp3) is 0.383. The van der Waals surface area contributed by atoms with Crippen LogP contribution in [0.5, 0.6) is 23.0 Å². The third-order valence-electron chi connectivity index (χ3n) is 14.5. The van der Waals surface area contributed by atoms with Crippen LogP contribution in [0.25, 0.3) is 0 Å². The third kappa shape index (κ3) is 5.61. The minimum Gasteiger partial charge on any atom is -0.512 e. The summed E-state index contributed by atoms with van der Waals surface area (Å²) in [5.74, 6) is -4.31. The molecule has 0 saturated carbocycles. The van der Waals surface area contributed by atoms with Gasteiger partial charge >= 0.3 is 0 Å². The molecule has 4 aromatic rings. The fourth-order valence-corrected chi connectivity index (χ4v) is 12.7. The lowest BCUT2D eigenvalue weighted by Gasteiger charge is -2.41. The minimum absolute atomic E-state index is 0.0861. The summed E-state index contributed by atoms with van der Waals surface area (Å²) in [5, 5.41) is 41.9. The van der Waals surface area contributed by atoms with Gasteiger partial charge in [-0.05, 0) is 111 Å². The van der Waals surface area contributed by atoms with Gasteiger partial charge in [-0.1, -0.05) is 48.2 Å². The van der Waals surface area contributed by atoms with Crippen molar-refractivity contribution in [3.63, 3.8) is 0 Å². The molecule has 4 aromatic carbocycles. The zero-order chi connectivity index (χ0) is 42.5. The zero-order valence-corrected chi connectivity index (χ0v) is 35.2. The summed E-state index contributed by atoms with van der Waals surface area (Å²) >= 11 is 13.4. The number of ether oxygens (including phenoxy) is 2. The van der Waals surface area contributed by atoms with E-state index in [9.17, 15) is 24.9 Å². The summed E-state index contributed by atoms with van der Waals surface area (Å²) in [5.41, 5.74) is 0.858. The zero-order valence-electron chi connectivity index (χ0n) is 33.7. The van der Waals surface area contributed by atoms with Crippen molar-refractivity contribution in [1.82, 2.24) is 9.80 Å². The molecule has 0 radical (unpaired) electrons. The number of phenolic OH excluding ortho intramolecular Hbond substituents is 2. The highest BCUT2D eigenvalue weighted by atomic mass is 35.5. The highest BCUT2D eigenvalue weighted by Crippen LogP contribution is 2.64. The molecule has 6 aliphatic rings. The normalized spacial score (nSPS) is 30.5. The lowest BCUT2D eigenvalue weighted by atomic mass is 9.68. The van der Waals surface area contributed by atoms with Crippen LogP contribution in [0.4, 0.5) is 11.4 Å². The number of methoxy groups -OCH3 is 2. The van der Waals surface area contributed by atoms with E-state index in [4.69, 9.17) is 32.7 Å². The fourth-order valence-electron chi connectivity index (χ4n) is 12.4. The molecule has 2 spiro atoms. The lowest BCUT2D eigenvalue weighted by Crippen LogP contribution is -2.54. The van der Waals surface area contributed by atoms with Crippen molar-refractivity contribution in [2.75, 3.05) is 37.9 Å². The van der Waals surface area contributed by atoms with Crippen LogP contribution in [0.3, 0.4) is 0 Å². The molecule has 8 atom stereocenters. The van der Waals surface area contributed by atoms with Gasteiger partial charge in [0.2, 0.25) is 11.8 Å². The average molecular weight is 866 g/mol. The van der Waals surface area contributed by atoms with Gasteiger partial charge in [0.25, 0.3) is 0 Å². The van der Waals surface area contributed by atoms with Crippen LogP contribution >= 0.6 is 23.2 Å². The molecule has 6 heterocycles. The molecule has 10 rings (SSSR count). The van der Waals surface area contributed by atoms with Gasteiger partial charge in [0.15, 0.2) is 28.8 Å². The largest absolute Gasteiger partial charge is 0.512 e. The Morgan fingerprint density at radius 1 is 0.721 bits per heavy atom. The number of amides is 2. The Bertz CT molecular complexity index is 2550. The van der Waals surface area contributed by atoms with E-state index in [1.54, 1.807) is 60.7 Å². The number of carbonyl (C=O) groups excluding carboxylic acids is 3. The van der Waals surface area contributed by atoms with E-state index in [1.807, 2.05) is 6.07 Å². The summed E-state index contributed by atoms with van der Waals surface area (Å²) < 4.78 is 11.0. The Morgan fingerprint density at radius 3 is 1.95 bits per heavy atom. The Kier molecular flexibility index (Phi) is 9.59. The number of fused-ring (bicyclic) bond motifs is 8. The molecule has 61 heavy (non-hydrogen) atoms. The first-order valence-electron chi connectivity index (χ1n) is 20.9. The number of piperidine rings is 2. The third-order valence-corrected chi connectivity index (χ3v) is 15.0. The van der Waals surface area contributed by atoms with Crippen LogP contribution in [-0.4, -0.2) is 82.1 Å². The average Bonchev–Trinajstić information content (AvgIpc) is 3.93. The molecule has 12 nitrogen and oxygen atoms in total. The predicted octanol–water partition coefficient (Wildman–Crippen LogP) is 7.96. The van der Waals surface area contributed by atoms with Crippen molar-refractivity contribution in [2.45, 2.75) is 73.5 Å². The Labute approximate surface area is 363 Å². The summed E-state index contributed by atoms with van der Waals surface area (Å²) in [6.45, 7) is 1.07. The van der Waals surface area contributed by atoms with Crippen molar-refractivity contribution < 1.29 is 39.2 Å². The number of nitrogens with one attached hydrogen (secondary N) is 2. The van der Waals surface area contributed by atoms with Gasteiger partial charge in [0.05, 0.1) is 20.1 Å². The molecule has 0 aromatic heterocycles. The van der Waals surface area contributed by atoms with Gasteiger partial charge in [-0.2, -0.15) is 0 Å². The van der Waals surface area contributed by atoms with Gasteiger partial charge < -0.3 is 35.4 Å². The van der Waals surface area contributed by atoms with Gasteiger partial charge in [-0.15, -0.1) is 0 Å². The maximum atomic E-state index is 15.7. The number of nitrogens with zero attached hydrogens (tertiary/aromatic N) is 2. The van der Waals surface area contributed by atoms with E-state index >= 15 is 4.79 Å². The van der Waals surface area contributed by atoms with E-state index in [0.717, 1.165) is 25.7 Å². The standard InChI is InChI=1S/C47H46Cl2N4O8/c1-60-38-16-10-24(19-35(38)55)40-32-7-3-5-17-52(32)47(29-22-27(49)12-14-31(29)51-45(47)59)43(40)37(57)23-36(56)41-33-8-4-6-18-53(33)46(28-21-26(48)11-13-30(28)50-44(46)58)42(41)25-9-15-34(54)39(20-25)61-2/h9-16,19-23,32-33,40-43,54-55,57H,3-8,17-18H2,1-2H3,(H,50,58)(H,51,59)/b37-23-. The number of carbonyl (C=O) groups is 3. The van der Waals surface area contributed by atoms with Gasteiger partial charge in [-0.25, -0.2) is 0 Å². The molecule has 0 aliphatic carbocycles. The van der Waals surface area contributed by atoms with Crippen molar-refractivity contribution in [1.29, 1.82) is 0 Å². The van der Waals surface area contributed by atoms with E-state index in [1.165, 1.54) is 26.4 Å². The van der Waals surface area contributed by atoms with Crippen molar-refractivity contribution in [2.24, 2.45) is 11.8 Å². The number of aromatic hydroxyl groups is 2. The maximum Gasteiger partial charge on any atom is 0.250 e. The number of ketones is 1. The number of halogens is 2. The van der Waals surface area contributed by atoms with Crippen LogP contribution < -0.4 is 20.1 Å². The van der Waals surface area contributed by atoms with Crippen molar-refractivity contribution >= 4 is 52.2 Å². The highest BCUT2D eigenvalue weighted by Gasteiger charge is 2.70. The topological polar surface area (TPSA) is 161 Å². The Balaban J connectivity index is 1.19. The SMILES string of the molecule is COc1ccc(C2C3CCCCN3C3(C(=O)Nc4ccc(Cl)cc43)C2/C(O)=C/C(=O)C2C3CCCCN3C3(C(=O)Nc4ccc(Cl)cc43)C2c2ccc(O)c(OC)c2)cc1O. The second kappa shape index (κ2) is 14.7. The summed E-state index contributed by atoms with van der Waals surface area (Å²) in [4.78, 5) is 49.8. The summed E-state index contributed by atoms with van der Waals surface area (Å²) in [6, 6.07) is 19.9. The van der Waals surface area contributed by atoms with E-state index in [2.05, 4.69) is 20.4 Å². The first-order valence-corrected chi connectivity index (χ1v) is 21.6. The molecule has 14 heteroatoms. The van der Waals surface area contributed by atoms with Gasteiger partial charge in [0.1, 0.15) is 16.8 Å². The molecular weight excluding hydrogens is 819 g/mol. The number of rotatable bonds is 7. The van der Waals surface area contributed by atoms with Gasteiger partial charge in [-0.3, -0.25) is 24.2 Å². The Morgan fingerprint density at radius 2 is 1.31 bits per heavy atom. The van der Waals surface area contributed by atoms with Crippen LogP contribution in [0, 0.1) is 11.8 Å². The highest BCUT2D eigenvalue weighted by molar-refractivity contribution is 6.31. The lowest BCUT2D eigenvalue weighted by molar-refractivity contribution is -0.130. The number of phenols is 2. The summed E-state index contributed by atoms with van der Waals surface area (Å²) in [6.07, 6.45) is 5.90. The number of hydrogen-bond acceptors (Lipinski definition) is 10. The molecule has 0 bridgehead atoms. The van der Waals surface area contributed by atoms with Crippen molar-refractivity contribution in [3.8, 4) is 23.0 Å². The molecule has 4 saturated heterocycles. The van der Waals surface area contributed by atoms with E-state index in [-0.39, 0.29) is 46.6 Å². The van der Waals surface area contributed by atoms with Crippen LogP contribution in [-0.2, 0) is 25.5 Å². The summed E-state index contributed by atoms with van der Waals surface area (Å²) in [7, 11) is 2.92. The number of allylic oxidation sites excluding steroid dienone is 1. The molecular formula is C47H46Cl2N4O8. The smallest absolute Gasteiger partial charge is 0.250 e. The van der Waals surface area contributed by atoms with Crippen LogP contribution in [0.15, 0.2) is 84.6 Å². The first kappa shape index (κ1) is 39.8. The van der Waals surface area contributed by atoms with E-state index < -0.39 is 46.6 Å². The van der Waals surface area contributed by atoms with Crippen LogP contribution in [0.1, 0.15) is 72.6 Å². The second-order valence-corrected chi connectivity index (χ2v) is 18.0. The molecule has 5 N–H and O–H groups in total. The van der Waals surface area contributed by atoms with Gasteiger partial charge in [0, 0.05) is 68.5 Å². The van der Waals surface area contributed by atoms with Crippen LogP contribution in [0.2, 0.25) is 10.0 Å². The molecule has 316 valence electrons. The number of aliphatic hydroxyl groups is 1. The quantitative estimate of drug-likeness (QED) is 0.0911. The molecule has 8 unspecified atom stereocenters. The monoisotopic (exact) mass is 864 g/mol. The Hall–Kier alpha value is -5.27. The van der Waals surface area contributed by atoms with Crippen molar-refractivity contribution in [3.05, 3.63) is 117 Å². The number of aliphatic hydroxyl groups excluding tert-OH is 1. The molecule has 2 amide bonds. The molecule has 4 fully saturated rings. The number of anilines is 2. The first-order chi connectivity index (χ1) is 29.4.